The number of carbonyl (C=O) groups excluding carboxylic acids is 1. The fraction of sp³-hybridized carbons (Fsp3) is 0.194. The van der Waals surface area contributed by atoms with Crippen molar-refractivity contribution in [2.45, 2.75) is 40.5 Å². The molecule has 4 aromatic rings. The van der Waals surface area contributed by atoms with Crippen LogP contribution in [0.1, 0.15) is 33.4 Å². The Morgan fingerprint density at radius 2 is 0.853 bits per heavy atom. The van der Waals surface area contributed by atoms with Crippen molar-refractivity contribution >= 4 is 5.78 Å². The molecule has 172 valence electrons. The molecule has 0 atom stereocenters. The van der Waals surface area contributed by atoms with Crippen LogP contribution < -0.4 is 9.47 Å². The summed E-state index contributed by atoms with van der Waals surface area (Å²) in [5.41, 5.74) is 6.84. The molecule has 0 aliphatic carbocycles. The number of benzene rings is 4. The summed E-state index contributed by atoms with van der Waals surface area (Å²) in [4.78, 5) is 12.6. The van der Waals surface area contributed by atoms with Crippen LogP contribution in [0, 0.1) is 27.7 Å². The third kappa shape index (κ3) is 6.14. The zero-order valence-electron chi connectivity index (χ0n) is 20.2. The van der Waals surface area contributed by atoms with Gasteiger partial charge in [0, 0.05) is 12.8 Å². The summed E-state index contributed by atoms with van der Waals surface area (Å²) < 4.78 is 11.9. The monoisotopic (exact) mass is 450 g/mol. The maximum Gasteiger partial charge on any atom is 0.141 e. The number of carbonyl (C=O) groups is 1. The van der Waals surface area contributed by atoms with Gasteiger partial charge in [-0.25, -0.2) is 0 Å². The lowest BCUT2D eigenvalue weighted by Gasteiger charge is -2.09. The summed E-state index contributed by atoms with van der Waals surface area (Å²) in [6.07, 6.45) is 0.787. The van der Waals surface area contributed by atoms with E-state index in [9.17, 15) is 4.79 Å². The zero-order valence-corrected chi connectivity index (χ0v) is 20.2. The van der Waals surface area contributed by atoms with Gasteiger partial charge in [-0.1, -0.05) is 36.4 Å². The first kappa shape index (κ1) is 23.3. The van der Waals surface area contributed by atoms with E-state index in [0.29, 0.717) is 12.8 Å². The first-order valence-electron chi connectivity index (χ1n) is 11.6. The number of hydrogen-bond donors (Lipinski definition) is 0. The quantitative estimate of drug-likeness (QED) is 0.274. The Hall–Kier alpha value is -3.85. The molecule has 0 saturated carbocycles. The highest BCUT2D eigenvalue weighted by Gasteiger charge is 2.08. The minimum absolute atomic E-state index is 0.172. The Morgan fingerprint density at radius 1 is 0.500 bits per heavy atom. The summed E-state index contributed by atoms with van der Waals surface area (Å²) in [7, 11) is 0. The second-order valence-electron chi connectivity index (χ2n) is 8.88. The van der Waals surface area contributed by atoms with Gasteiger partial charge in [0.25, 0.3) is 0 Å². The van der Waals surface area contributed by atoms with Gasteiger partial charge in [-0.3, -0.25) is 4.79 Å². The van der Waals surface area contributed by atoms with Crippen LogP contribution in [-0.4, -0.2) is 5.78 Å². The molecule has 3 nitrogen and oxygen atoms in total. The van der Waals surface area contributed by atoms with Gasteiger partial charge in [0.1, 0.15) is 28.8 Å². The number of hydrogen-bond acceptors (Lipinski definition) is 3. The SMILES string of the molecule is Cc1ccc(Oc2ccc(CC(=O)Cc3ccc(Oc4ccc(C)c(C)c4)cc3)cc2)cc1C. The first-order valence-corrected chi connectivity index (χ1v) is 11.6. The molecule has 0 saturated heterocycles. The van der Waals surface area contributed by atoms with E-state index >= 15 is 0 Å². The average molecular weight is 451 g/mol. The lowest BCUT2D eigenvalue weighted by atomic mass is 10.0. The lowest BCUT2D eigenvalue weighted by Crippen LogP contribution is -2.06. The Bertz CT molecular complexity index is 1180. The number of aryl methyl sites for hydroxylation is 4. The molecule has 4 rings (SSSR count). The van der Waals surface area contributed by atoms with Crippen molar-refractivity contribution in [3.63, 3.8) is 0 Å². The maximum atomic E-state index is 12.6. The molecule has 3 heteroatoms. The summed E-state index contributed by atoms with van der Waals surface area (Å²) in [6.45, 7) is 8.31. The fourth-order valence-electron chi connectivity index (χ4n) is 3.70. The second kappa shape index (κ2) is 10.4. The second-order valence-corrected chi connectivity index (χ2v) is 8.88. The molecule has 34 heavy (non-hydrogen) atoms. The molecule has 0 spiro atoms. The Labute approximate surface area is 202 Å². The van der Waals surface area contributed by atoms with Crippen molar-refractivity contribution in [2.24, 2.45) is 0 Å². The molecule has 0 amide bonds. The van der Waals surface area contributed by atoms with E-state index in [2.05, 4.69) is 39.8 Å². The number of ketones is 1. The average Bonchev–Trinajstić information content (AvgIpc) is 2.81. The molecule has 0 aromatic heterocycles. The molecule has 4 aromatic carbocycles. The highest BCUT2D eigenvalue weighted by atomic mass is 16.5. The fourth-order valence-corrected chi connectivity index (χ4v) is 3.70. The van der Waals surface area contributed by atoms with E-state index in [1.807, 2.05) is 72.8 Å². The molecule has 0 N–H and O–H groups in total. The molecule has 0 unspecified atom stereocenters. The molecule has 0 fully saturated rings. The first-order chi connectivity index (χ1) is 16.4. The molecule has 0 heterocycles. The van der Waals surface area contributed by atoms with Crippen LogP contribution in [0.5, 0.6) is 23.0 Å². The van der Waals surface area contributed by atoms with Crippen LogP contribution >= 0.6 is 0 Å². The van der Waals surface area contributed by atoms with Crippen molar-refractivity contribution in [1.82, 2.24) is 0 Å². The van der Waals surface area contributed by atoms with Gasteiger partial charge in [-0.05, 0) is 110 Å². The molecular weight excluding hydrogens is 420 g/mol. The predicted molar refractivity (Wildman–Crippen MR) is 137 cm³/mol. The summed E-state index contributed by atoms with van der Waals surface area (Å²) in [5.74, 6) is 3.33. The number of ether oxygens (including phenoxy) is 2. The van der Waals surface area contributed by atoms with Crippen molar-refractivity contribution in [2.75, 3.05) is 0 Å². The Balaban J connectivity index is 1.30. The van der Waals surface area contributed by atoms with Gasteiger partial charge in [0.15, 0.2) is 0 Å². The number of rotatable bonds is 8. The standard InChI is InChI=1S/C31H30O3/c1-21-5-11-30(17-23(21)3)33-28-13-7-25(8-14-28)19-27(32)20-26-9-15-29(16-10-26)34-31-12-6-22(2)24(4)18-31/h5-18H,19-20H2,1-4H3. The maximum absolute atomic E-state index is 12.6. The minimum atomic E-state index is 0.172. The van der Waals surface area contributed by atoms with Gasteiger partial charge >= 0.3 is 0 Å². The van der Waals surface area contributed by atoms with Crippen LogP contribution in [0.25, 0.3) is 0 Å². The van der Waals surface area contributed by atoms with Crippen molar-refractivity contribution in [3.05, 3.63) is 118 Å². The largest absolute Gasteiger partial charge is 0.457 e. The zero-order chi connectivity index (χ0) is 24.1. The van der Waals surface area contributed by atoms with Gasteiger partial charge < -0.3 is 9.47 Å². The normalized spacial score (nSPS) is 10.7. The van der Waals surface area contributed by atoms with Crippen LogP contribution in [-0.2, 0) is 17.6 Å². The predicted octanol–water partition coefficient (Wildman–Crippen LogP) is 7.86. The van der Waals surface area contributed by atoms with Crippen molar-refractivity contribution in [3.8, 4) is 23.0 Å². The van der Waals surface area contributed by atoms with Gasteiger partial charge in [0.05, 0.1) is 0 Å². The topological polar surface area (TPSA) is 35.5 Å². The van der Waals surface area contributed by atoms with Crippen LogP contribution in [0.2, 0.25) is 0 Å². The molecule has 0 radical (unpaired) electrons. The third-order valence-electron chi connectivity index (χ3n) is 6.08. The molecular formula is C31H30O3. The van der Waals surface area contributed by atoms with E-state index < -0.39 is 0 Å². The van der Waals surface area contributed by atoms with E-state index in [1.165, 1.54) is 22.3 Å². The number of Topliss-reactive ketones (excluding diaryl/α,β-unsaturated/α-hetero) is 1. The molecule has 0 bridgehead atoms. The van der Waals surface area contributed by atoms with E-state index in [-0.39, 0.29) is 5.78 Å². The van der Waals surface area contributed by atoms with Gasteiger partial charge in [0.2, 0.25) is 0 Å². The lowest BCUT2D eigenvalue weighted by molar-refractivity contribution is -0.117. The van der Waals surface area contributed by atoms with Crippen LogP contribution in [0.3, 0.4) is 0 Å². The van der Waals surface area contributed by atoms with Crippen LogP contribution in [0.4, 0.5) is 0 Å². The summed E-state index contributed by atoms with van der Waals surface area (Å²) in [6, 6.07) is 27.6. The summed E-state index contributed by atoms with van der Waals surface area (Å²) >= 11 is 0. The van der Waals surface area contributed by atoms with E-state index in [0.717, 1.165) is 34.1 Å². The van der Waals surface area contributed by atoms with Crippen molar-refractivity contribution in [1.29, 1.82) is 0 Å². The minimum Gasteiger partial charge on any atom is -0.457 e. The highest BCUT2D eigenvalue weighted by Crippen LogP contribution is 2.25. The van der Waals surface area contributed by atoms with E-state index in [4.69, 9.17) is 9.47 Å². The Kier molecular flexibility index (Phi) is 7.12. The third-order valence-corrected chi connectivity index (χ3v) is 6.08. The van der Waals surface area contributed by atoms with E-state index in [1.54, 1.807) is 0 Å². The van der Waals surface area contributed by atoms with Crippen molar-refractivity contribution < 1.29 is 14.3 Å². The summed E-state index contributed by atoms with van der Waals surface area (Å²) in [5, 5.41) is 0. The molecule has 0 aliphatic rings. The smallest absolute Gasteiger partial charge is 0.141 e. The highest BCUT2D eigenvalue weighted by molar-refractivity contribution is 5.83. The van der Waals surface area contributed by atoms with Gasteiger partial charge in [-0.15, -0.1) is 0 Å². The molecule has 0 aliphatic heterocycles. The Morgan fingerprint density at radius 3 is 1.21 bits per heavy atom. The van der Waals surface area contributed by atoms with Crippen LogP contribution in [0.15, 0.2) is 84.9 Å². The van der Waals surface area contributed by atoms with Gasteiger partial charge in [-0.2, -0.15) is 0 Å².